The summed E-state index contributed by atoms with van der Waals surface area (Å²) in [6.07, 6.45) is 5.40. The van der Waals surface area contributed by atoms with Crippen molar-refractivity contribution in [3.8, 4) is 17.0 Å². The fourth-order valence-electron chi connectivity index (χ4n) is 2.73. The number of ether oxygens (including phenoxy) is 1. The lowest BCUT2D eigenvalue weighted by molar-refractivity contribution is -0.123. The molecule has 0 bridgehead atoms. The molecule has 6 heteroatoms. The Kier molecular flexibility index (Phi) is 5.86. The van der Waals surface area contributed by atoms with E-state index < -0.39 is 0 Å². The molecule has 0 aliphatic rings. The van der Waals surface area contributed by atoms with E-state index in [0.717, 1.165) is 16.8 Å². The summed E-state index contributed by atoms with van der Waals surface area (Å²) in [4.78, 5) is 16.6. The Balaban J connectivity index is 1.55. The molecule has 2 heterocycles. The number of aryl methyl sites for hydroxylation is 1. The van der Waals surface area contributed by atoms with E-state index in [4.69, 9.17) is 4.74 Å². The Morgan fingerprint density at radius 3 is 2.67 bits per heavy atom. The smallest absolute Gasteiger partial charge is 0.258 e. The first-order chi connectivity index (χ1) is 13.0. The zero-order valence-corrected chi connectivity index (χ0v) is 15.8. The molecular formula is C21H24N4O2. The van der Waals surface area contributed by atoms with E-state index in [-0.39, 0.29) is 12.5 Å². The summed E-state index contributed by atoms with van der Waals surface area (Å²) >= 11 is 0. The number of hydrogen-bond donors (Lipinski definition) is 1. The van der Waals surface area contributed by atoms with Crippen LogP contribution in [0.1, 0.15) is 30.9 Å². The lowest BCUT2D eigenvalue weighted by Crippen LogP contribution is -2.28. The maximum absolute atomic E-state index is 12.1. The van der Waals surface area contributed by atoms with E-state index in [1.54, 1.807) is 17.1 Å². The molecule has 3 rings (SSSR count). The molecule has 1 N–H and O–H groups in total. The van der Waals surface area contributed by atoms with Crippen LogP contribution in [0, 0.1) is 0 Å². The summed E-state index contributed by atoms with van der Waals surface area (Å²) in [6.45, 7) is 4.64. The Labute approximate surface area is 159 Å². The highest BCUT2D eigenvalue weighted by Gasteiger charge is 2.10. The molecule has 0 radical (unpaired) electrons. The Morgan fingerprint density at radius 2 is 2.00 bits per heavy atom. The molecule has 0 aliphatic heterocycles. The lowest BCUT2D eigenvalue weighted by Gasteiger charge is -2.11. The minimum Gasteiger partial charge on any atom is -0.484 e. The molecule has 0 unspecified atom stereocenters. The van der Waals surface area contributed by atoms with Crippen LogP contribution in [0.3, 0.4) is 0 Å². The molecule has 3 aromatic rings. The van der Waals surface area contributed by atoms with E-state index in [9.17, 15) is 4.79 Å². The molecule has 1 aromatic carbocycles. The molecule has 140 valence electrons. The Bertz CT molecular complexity index is 901. The standard InChI is InChI=1S/C21H24N4O2/c1-15(2)16-6-8-19(9-7-16)27-14-20(26)23-11-17-5-4-10-22-21(17)18-12-24-25(3)13-18/h4-10,12-13,15H,11,14H2,1-3H3,(H,23,26). The third-order valence-electron chi connectivity index (χ3n) is 4.26. The molecule has 0 spiro atoms. The molecule has 0 aliphatic carbocycles. The molecule has 0 saturated heterocycles. The molecule has 1 amide bonds. The van der Waals surface area contributed by atoms with E-state index in [2.05, 4.69) is 29.2 Å². The fourth-order valence-corrected chi connectivity index (χ4v) is 2.73. The lowest BCUT2D eigenvalue weighted by atomic mass is 10.0. The highest BCUT2D eigenvalue weighted by molar-refractivity contribution is 5.77. The number of hydrogen-bond acceptors (Lipinski definition) is 4. The monoisotopic (exact) mass is 364 g/mol. The second-order valence-electron chi connectivity index (χ2n) is 6.70. The minimum atomic E-state index is -0.177. The SMILES string of the molecule is CC(C)c1ccc(OCC(=O)NCc2cccnc2-c2cnn(C)c2)cc1. The Hall–Kier alpha value is -3.15. The van der Waals surface area contributed by atoms with Crippen LogP contribution in [0.5, 0.6) is 5.75 Å². The predicted octanol–water partition coefficient (Wildman–Crippen LogP) is 3.30. The first-order valence-electron chi connectivity index (χ1n) is 8.95. The van der Waals surface area contributed by atoms with Crippen LogP contribution in [-0.4, -0.2) is 27.3 Å². The quantitative estimate of drug-likeness (QED) is 0.698. The van der Waals surface area contributed by atoms with Crippen LogP contribution in [0.2, 0.25) is 0 Å². The van der Waals surface area contributed by atoms with Crippen molar-refractivity contribution < 1.29 is 9.53 Å². The van der Waals surface area contributed by atoms with Gasteiger partial charge >= 0.3 is 0 Å². The number of aromatic nitrogens is 3. The minimum absolute atomic E-state index is 0.0243. The van der Waals surface area contributed by atoms with Gasteiger partial charge in [0.2, 0.25) is 0 Å². The van der Waals surface area contributed by atoms with Crippen LogP contribution in [0.25, 0.3) is 11.3 Å². The van der Waals surface area contributed by atoms with Gasteiger partial charge in [-0.1, -0.05) is 32.0 Å². The van der Waals surface area contributed by atoms with Crippen molar-refractivity contribution in [1.29, 1.82) is 0 Å². The second kappa shape index (κ2) is 8.49. The van der Waals surface area contributed by atoms with Crippen LogP contribution in [-0.2, 0) is 18.4 Å². The summed E-state index contributed by atoms with van der Waals surface area (Å²) < 4.78 is 7.30. The topological polar surface area (TPSA) is 69.0 Å². The van der Waals surface area contributed by atoms with Crippen molar-refractivity contribution in [3.63, 3.8) is 0 Å². The number of carbonyl (C=O) groups excluding carboxylic acids is 1. The number of rotatable bonds is 7. The van der Waals surface area contributed by atoms with Gasteiger partial charge in [0, 0.05) is 31.5 Å². The van der Waals surface area contributed by atoms with Gasteiger partial charge in [0.15, 0.2) is 6.61 Å². The largest absolute Gasteiger partial charge is 0.484 e. The van der Waals surface area contributed by atoms with Gasteiger partial charge in [-0.2, -0.15) is 5.10 Å². The zero-order chi connectivity index (χ0) is 19.2. The summed E-state index contributed by atoms with van der Waals surface area (Å²) in [5.41, 5.74) is 3.91. The van der Waals surface area contributed by atoms with E-state index in [1.807, 2.05) is 49.6 Å². The normalized spacial score (nSPS) is 10.8. The Morgan fingerprint density at radius 1 is 1.22 bits per heavy atom. The number of nitrogens with one attached hydrogen (secondary N) is 1. The molecular weight excluding hydrogens is 340 g/mol. The van der Waals surface area contributed by atoms with Gasteiger partial charge in [-0.3, -0.25) is 14.5 Å². The number of benzene rings is 1. The highest BCUT2D eigenvalue weighted by Crippen LogP contribution is 2.20. The maximum atomic E-state index is 12.1. The van der Waals surface area contributed by atoms with Gasteiger partial charge in [0.05, 0.1) is 11.9 Å². The third-order valence-corrected chi connectivity index (χ3v) is 4.26. The van der Waals surface area contributed by atoms with E-state index >= 15 is 0 Å². The van der Waals surface area contributed by atoms with E-state index in [1.165, 1.54) is 5.56 Å². The average Bonchev–Trinajstić information content (AvgIpc) is 3.11. The first kappa shape index (κ1) is 18.6. The predicted molar refractivity (Wildman–Crippen MR) is 104 cm³/mol. The van der Waals surface area contributed by atoms with Crippen LogP contribution in [0.4, 0.5) is 0 Å². The number of nitrogens with zero attached hydrogens (tertiary/aromatic N) is 3. The third kappa shape index (κ3) is 4.94. The van der Waals surface area contributed by atoms with Crippen molar-refractivity contribution in [2.45, 2.75) is 26.3 Å². The van der Waals surface area contributed by atoms with Crippen molar-refractivity contribution in [2.24, 2.45) is 7.05 Å². The first-order valence-corrected chi connectivity index (χ1v) is 8.95. The number of pyridine rings is 1. The van der Waals surface area contributed by atoms with E-state index in [0.29, 0.717) is 18.2 Å². The van der Waals surface area contributed by atoms with Gasteiger partial charge < -0.3 is 10.1 Å². The molecule has 6 nitrogen and oxygen atoms in total. The maximum Gasteiger partial charge on any atom is 0.258 e. The zero-order valence-electron chi connectivity index (χ0n) is 15.8. The molecule has 0 atom stereocenters. The van der Waals surface area contributed by atoms with Crippen LogP contribution in [0.15, 0.2) is 55.0 Å². The van der Waals surface area contributed by atoms with Crippen molar-refractivity contribution >= 4 is 5.91 Å². The fraction of sp³-hybridized carbons (Fsp3) is 0.286. The van der Waals surface area contributed by atoms with Gasteiger partial charge in [-0.25, -0.2) is 0 Å². The summed E-state index contributed by atoms with van der Waals surface area (Å²) in [5, 5.41) is 7.06. The van der Waals surface area contributed by atoms with Gasteiger partial charge in [0.25, 0.3) is 5.91 Å². The molecule has 2 aromatic heterocycles. The van der Waals surface area contributed by atoms with Crippen LogP contribution < -0.4 is 10.1 Å². The number of carbonyl (C=O) groups is 1. The molecule has 0 fully saturated rings. The van der Waals surface area contributed by atoms with Gasteiger partial charge in [-0.15, -0.1) is 0 Å². The average molecular weight is 364 g/mol. The van der Waals surface area contributed by atoms with Gasteiger partial charge in [0.1, 0.15) is 5.75 Å². The molecule has 27 heavy (non-hydrogen) atoms. The molecule has 0 saturated carbocycles. The number of amides is 1. The van der Waals surface area contributed by atoms with Gasteiger partial charge in [-0.05, 0) is 35.2 Å². The summed E-state index contributed by atoms with van der Waals surface area (Å²) in [7, 11) is 1.86. The van der Waals surface area contributed by atoms with Crippen LogP contribution >= 0.6 is 0 Å². The van der Waals surface area contributed by atoms with Crippen molar-refractivity contribution in [3.05, 3.63) is 66.1 Å². The van der Waals surface area contributed by atoms with Crippen molar-refractivity contribution in [2.75, 3.05) is 6.61 Å². The van der Waals surface area contributed by atoms with Crippen molar-refractivity contribution in [1.82, 2.24) is 20.1 Å². The summed E-state index contributed by atoms with van der Waals surface area (Å²) in [5.74, 6) is 0.978. The highest BCUT2D eigenvalue weighted by atomic mass is 16.5. The summed E-state index contributed by atoms with van der Waals surface area (Å²) in [6, 6.07) is 11.6. The second-order valence-corrected chi connectivity index (χ2v) is 6.70.